The summed E-state index contributed by atoms with van der Waals surface area (Å²) in [6.07, 6.45) is 0. The normalized spacial score (nSPS) is 11.2. The number of esters is 1. The number of carbonyl (C=O) groups is 1. The highest BCUT2D eigenvalue weighted by Crippen LogP contribution is 2.32. The fourth-order valence-electron chi connectivity index (χ4n) is 2.77. The maximum absolute atomic E-state index is 13.4. The molecule has 0 unspecified atom stereocenters. The van der Waals surface area contributed by atoms with Crippen molar-refractivity contribution >= 4 is 21.7 Å². The monoisotopic (exact) mass is 421 g/mol. The molecule has 0 N–H and O–H groups in total. The molecule has 0 aliphatic heterocycles. The van der Waals surface area contributed by atoms with Crippen molar-refractivity contribution in [2.24, 2.45) is 0 Å². The van der Waals surface area contributed by atoms with Crippen molar-refractivity contribution in [3.05, 3.63) is 48.0 Å². The van der Waals surface area contributed by atoms with Crippen LogP contribution in [0.4, 0.5) is 5.69 Å². The molecule has 0 aromatic heterocycles. The van der Waals surface area contributed by atoms with Gasteiger partial charge < -0.3 is 14.2 Å². The van der Waals surface area contributed by atoms with Crippen molar-refractivity contribution < 1.29 is 27.4 Å². The van der Waals surface area contributed by atoms with Crippen LogP contribution in [0, 0.1) is 0 Å². The van der Waals surface area contributed by atoms with Gasteiger partial charge in [0.15, 0.2) is 11.5 Å². The van der Waals surface area contributed by atoms with Gasteiger partial charge in [-0.1, -0.05) is 26.0 Å². The minimum atomic E-state index is -4.06. The molecular weight excluding hydrogens is 394 g/mol. The summed E-state index contributed by atoms with van der Waals surface area (Å²) < 4.78 is 43.2. The van der Waals surface area contributed by atoms with E-state index in [0.29, 0.717) is 17.4 Å². The van der Waals surface area contributed by atoms with E-state index in [9.17, 15) is 13.2 Å². The largest absolute Gasteiger partial charge is 0.493 e. The third-order valence-corrected chi connectivity index (χ3v) is 6.14. The van der Waals surface area contributed by atoms with Crippen molar-refractivity contribution in [2.45, 2.75) is 31.6 Å². The quantitative estimate of drug-likeness (QED) is 0.576. The molecule has 2 aromatic carbocycles. The standard InChI is InChI=1S/C21H27NO6S/c1-6-28-21(23)14-22(17-9-7-16(8-10-17)15(2)3)29(24,25)18-11-12-19(26-4)20(13-18)27-5/h7-13,15H,6,14H2,1-5H3. The number of hydrogen-bond acceptors (Lipinski definition) is 6. The molecular formula is C21H27NO6S. The lowest BCUT2D eigenvalue weighted by molar-refractivity contribution is -0.141. The summed E-state index contributed by atoms with van der Waals surface area (Å²) in [5.74, 6) is 0.346. The number of nitrogens with zero attached hydrogens (tertiary/aromatic N) is 1. The molecule has 8 heteroatoms. The molecule has 0 fully saturated rings. The zero-order chi connectivity index (χ0) is 21.6. The summed E-state index contributed by atoms with van der Waals surface area (Å²) in [5.41, 5.74) is 1.44. The minimum Gasteiger partial charge on any atom is -0.493 e. The third kappa shape index (κ3) is 5.20. The van der Waals surface area contributed by atoms with E-state index in [2.05, 4.69) is 0 Å². The highest BCUT2D eigenvalue weighted by atomic mass is 32.2. The summed E-state index contributed by atoms with van der Waals surface area (Å²) in [5, 5.41) is 0. The van der Waals surface area contributed by atoms with Crippen LogP contribution in [0.2, 0.25) is 0 Å². The van der Waals surface area contributed by atoms with E-state index >= 15 is 0 Å². The highest BCUT2D eigenvalue weighted by molar-refractivity contribution is 7.92. The lowest BCUT2D eigenvalue weighted by Crippen LogP contribution is -2.36. The number of ether oxygens (including phenoxy) is 3. The van der Waals surface area contributed by atoms with Crippen molar-refractivity contribution in [1.29, 1.82) is 0 Å². The number of carbonyl (C=O) groups excluding carboxylic acids is 1. The van der Waals surface area contributed by atoms with Crippen LogP contribution < -0.4 is 13.8 Å². The Bertz CT molecular complexity index is 938. The minimum absolute atomic E-state index is 0.0209. The number of sulfonamides is 1. The molecule has 0 saturated carbocycles. The predicted molar refractivity (Wildman–Crippen MR) is 111 cm³/mol. The first-order valence-electron chi connectivity index (χ1n) is 9.24. The number of benzene rings is 2. The van der Waals surface area contributed by atoms with Crippen molar-refractivity contribution in [3.63, 3.8) is 0 Å². The lowest BCUT2D eigenvalue weighted by Gasteiger charge is -2.24. The number of methoxy groups -OCH3 is 2. The summed E-state index contributed by atoms with van der Waals surface area (Å²) in [6, 6.07) is 11.4. The van der Waals surface area contributed by atoms with E-state index in [0.717, 1.165) is 9.87 Å². The molecule has 0 bridgehead atoms. The van der Waals surface area contributed by atoms with Crippen molar-refractivity contribution in [3.8, 4) is 11.5 Å². The van der Waals surface area contributed by atoms with Gasteiger partial charge in [0.1, 0.15) is 6.54 Å². The Hall–Kier alpha value is -2.74. The predicted octanol–water partition coefficient (Wildman–Crippen LogP) is 3.59. The van der Waals surface area contributed by atoms with Gasteiger partial charge in [-0.05, 0) is 42.7 Å². The molecule has 29 heavy (non-hydrogen) atoms. The van der Waals surface area contributed by atoms with Gasteiger partial charge in [-0.15, -0.1) is 0 Å². The Labute approximate surface area is 172 Å². The molecule has 0 saturated heterocycles. The van der Waals surface area contributed by atoms with Gasteiger partial charge >= 0.3 is 5.97 Å². The van der Waals surface area contributed by atoms with E-state index < -0.39 is 22.5 Å². The molecule has 7 nitrogen and oxygen atoms in total. The van der Waals surface area contributed by atoms with E-state index in [4.69, 9.17) is 14.2 Å². The summed E-state index contributed by atoms with van der Waals surface area (Å²) >= 11 is 0. The molecule has 158 valence electrons. The molecule has 2 rings (SSSR count). The Morgan fingerprint density at radius 1 is 1.00 bits per heavy atom. The van der Waals surface area contributed by atoms with Gasteiger partial charge in [0, 0.05) is 6.07 Å². The van der Waals surface area contributed by atoms with Gasteiger partial charge in [-0.3, -0.25) is 9.10 Å². The van der Waals surface area contributed by atoms with Gasteiger partial charge in [0.25, 0.3) is 10.0 Å². The van der Waals surface area contributed by atoms with Crippen LogP contribution in [-0.2, 0) is 19.6 Å². The van der Waals surface area contributed by atoms with Crippen LogP contribution in [0.25, 0.3) is 0 Å². The Balaban J connectivity index is 2.52. The molecule has 0 heterocycles. The first kappa shape index (κ1) is 22.5. The van der Waals surface area contributed by atoms with Gasteiger partial charge in [-0.25, -0.2) is 8.42 Å². The van der Waals surface area contributed by atoms with Gasteiger partial charge in [0.05, 0.1) is 31.4 Å². The number of hydrogen-bond donors (Lipinski definition) is 0. The molecule has 0 aliphatic rings. The fourth-order valence-corrected chi connectivity index (χ4v) is 4.19. The topological polar surface area (TPSA) is 82.1 Å². The average molecular weight is 422 g/mol. The second-order valence-electron chi connectivity index (χ2n) is 6.58. The molecule has 2 aromatic rings. The first-order chi connectivity index (χ1) is 13.7. The third-order valence-electron chi connectivity index (χ3n) is 4.37. The second-order valence-corrected chi connectivity index (χ2v) is 8.44. The zero-order valence-corrected chi connectivity index (χ0v) is 18.2. The van der Waals surface area contributed by atoms with Crippen LogP contribution >= 0.6 is 0 Å². The van der Waals surface area contributed by atoms with Crippen LogP contribution in [0.5, 0.6) is 11.5 Å². The highest BCUT2D eigenvalue weighted by Gasteiger charge is 2.29. The van der Waals surface area contributed by atoms with Crippen molar-refractivity contribution in [1.82, 2.24) is 0 Å². The van der Waals surface area contributed by atoms with E-state index in [-0.39, 0.29) is 17.3 Å². The van der Waals surface area contributed by atoms with E-state index in [1.165, 1.54) is 32.4 Å². The van der Waals surface area contributed by atoms with Crippen LogP contribution in [-0.4, -0.2) is 41.8 Å². The average Bonchev–Trinajstić information content (AvgIpc) is 2.71. The summed E-state index contributed by atoms with van der Waals surface area (Å²) in [4.78, 5) is 12.1. The molecule has 0 radical (unpaired) electrons. The van der Waals surface area contributed by atoms with Crippen LogP contribution in [0.3, 0.4) is 0 Å². The van der Waals surface area contributed by atoms with E-state index in [1.807, 2.05) is 26.0 Å². The Morgan fingerprint density at radius 2 is 1.62 bits per heavy atom. The van der Waals surface area contributed by atoms with Gasteiger partial charge in [0.2, 0.25) is 0 Å². The molecule has 0 aliphatic carbocycles. The zero-order valence-electron chi connectivity index (χ0n) is 17.3. The Morgan fingerprint density at radius 3 is 2.14 bits per heavy atom. The van der Waals surface area contributed by atoms with Crippen molar-refractivity contribution in [2.75, 3.05) is 31.7 Å². The van der Waals surface area contributed by atoms with Crippen LogP contribution in [0.1, 0.15) is 32.3 Å². The SMILES string of the molecule is CCOC(=O)CN(c1ccc(C(C)C)cc1)S(=O)(=O)c1ccc(OC)c(OC)c1. The molecule has 0 amide bonds. The van der Waals surface area contributed by atoms with Gasteiger partial charge in [-0.2, -0.15) is 0 Å². The number of anilines is 1. The smallest absolute Gasteiger partial charge is 0.326 e. The number of rotatable bonds is 9. The second kappa shape index (κ2) is 9.65. The Kier molecular flexibility index (Phi) is 7.50. The summed E-state index contributed by atoms with van der Waals surface area (Å²) in [6.45, 7) is 5.49. The fraction of sp³-hybridized carbons (Fsp3) is 0.381. The van der Waals surface area contributed by atoms with Crippen LogP contribution in [0.15, 0.2) is 47.4 Å². The van der Waals surface area contributed by atoms with E-state index in [1.54, 1.807) is 19.1 Å². The summed E-state index contributed by atoms with van der Waals surface area (Å²) in [7, 11) is -1.17. The maximum Gasteiger partial charge on any atom is 0.326 e. The molecule has 0 atom stereocenters. The lowest BCUT2D eigenvalue weighted by atomic mass is 10.0. The molecule has 0 spiro atoms. The maximum atomic E-state index is 13.4. The first-order valence-corrected chi connectivity index (χ1v) is 10.7.